The SMILES string of the molecule is CC(C)(C)OC(=O)N1CCc2nc(NC3CCOC3)ncc2C1.Cl. The molecule has 0 aromatic carbocycles. The number of carbonyl (C=O) groups excluding carboxylic acids is 1. The van der Waals surface area contributed by atoms with Gasteiger partial charge in [-0.1, -0.05) is 0 Å². The van der Waals surface area contributed by atoms with E-state index in [0.717, 1.165) is 24.3 Å². The molecule has 24 heavy (non-hydrogen) atoms. The molecule has 0 spiro atoms. The topological polar surface area (TPSA) is 76.6 Å². The highest BCUT2D eigenvalue weighted by Gasteiger charge is 2.27. The highest BCUT2D eigenvalue weighted by atomic mass is 35.5. The lowest BCUT2D eigenvalue weighted by Crippen LogP contribution is -2.40. The van der Waals surface area contributed by atoms with Crippen LogP contribution in [0.25, 0.3) is 0 Å². The summed E-state index contributed by atoms with van der Waals surface area (Å²) < 4.78 is 10.8. The fourth-order valence-electron chi connectivity index (χ4n) is 2.70. The predicted molar refractivity (Wildman–Crippen MR) is 92.5 cm³/mol. The number of hydrogen-bond acceptors (Lipinski definition) is 6. The van der Waals surface area contributed by atoms with Gasteiger partial charge < -0.3 is 19.7 Å². The molecule has 0 bridgehead atoms. The highest BCUT2D eigenvalue weighted by Crippen LogP contribution is 2.21. The van der Waals surface area contributed by atoms with Crippen molar-refractivity contribution in [3.05, 3.63) is 17.5 Å². The number of ether oxygens (including phenoxy) is 2. The van der Waals surface area contributed by atoms with Gasteiger partial charge in [0.05, 0.1) is 24.9 Å². The van der Waals surface area contributed by atoms with Crippen LogP contribution in [0.1, 0.15) is 38.4 Å². The molecule has 2 aliphatic heterocycles. The summed E-state index contributed by atoms with van der Waals surface area (Å²) in [6.45, 7) is 8.21. The maximum absolute atomic E-state index is 12.2. The minimum absolute atomic E-state index is 0. The van der Waals surface area contributed by atoms with Crippen molar-refractivity contribution in [3.8, 4) is 0 Å². The van der Waals surface area contributed by atoms with Crippen LogP contribution in [0.3, 0.4) is 0 Å². The Bertz CT molecular complexity index is 585. The molecule has 1 amide bonds. The predicted octanol–water partition coefficient (Wildman–Crippen LogP) is 2.39. The van der Waals surface area contributed by atoms with E-state index in [9.17, 15) is 4.79 Å². The molecular weight excluding hydrogens is 332 g/mol. The van der Waals surface area contributed by atoms with Gasteiger partial charge in [-0.05, 0) is 27.2 Å². The van der Waals surface area contributed by atoms with Crippen LogP contribution in [0.2, 0.25) is 0 Å². The largest absolute Gasteiger partial charge is 0.444 e. The van der Waals surface area contributed by atoms with E-state index >= 15 is 0 Å². The van der Waals surface area contributed by atoms with Crippen molar-refractivity contribution < 1.29 is 14.3 Å². The van der Waals surface area contributed by atoms with E-state index in [1.165, 1.54) is 0 Å². The molecule has 3 heterocycles. The van der Waals surface area contributed by atoms with Gasteiger partial charge in [0.2, 0.25) is 5.95 Å². The number of nitrogens with zero attached hydrogens (tertiary/aromatic N) is 3. The van der Waals surface area contributed by atoms with Crippen LogP contribution in [0.4, 0.5) is 10.7 Å². The smallest absolute Gasteiger partial charge is 0.410 e. The summed E-state index contributed by atoms with van der Waals surface area (Å²) in [6.07, 6.45) is 3.21. The minimum atomic E-state index is -0.481. The highest BCUT2D eigenvalue weighted by molar-refractivity contribution is 5.85. The van der Waals surface area contributed by atoms with Gasteiger partial charge in [-0.3, -0.25) is 0 Å². The molecule has 1 atom stereocenters. The Morgan fingerprint density at radius 2 is 2.25 bits per heavy atom. The molecular formula is C16H25ClN4O3. The Morgan fingerprint density at radius 1 is 1.46 bits per heavy atom. The number of halogens is 1. The molecule has 2 aliphatic rings. The quantitative estimate of drug-likeness (QED) is 0.876. The zero-order chi connectivity index (χ0) is 16.4. The average Bonchev–Trinajstić information content (AvgIpc) is 2.98. The summed E-state index contributed by atoms with van der Waals surface area (Å²) >= 11 is 0. The standard InChI is InChI=1S/C16H24N4O3.ClH/c1-16(2,3)23-15(21)20-6-4-13-11(9-20)8-17-14(19-13)18-12-5-7-22-10-12;/h8,12H,4-7,9-10H2,1-3H3,(H,17,18,19);1H. The van der Waals surface area contributed by atoms with Gasteiger partial charge in [0.1, 0.15) is 5.60 Å². The Balaban J connectivity index is 0.00000208. The molecule has 1 fully saturated rings. The van der Waals surface area contributed by atoms with Gasteiger partial charge in [0, 0.05) is 31.3 Å². The second kappa shape index (κ2) is 7.53. The Morgan fingerprint density at radius 3 is 2.92 bits per heavy atom. The molecule has 0 radical (unpaired) electrons. The lowest BCUT2D eigenvalue weighted by molar-refractivity contribution is 0.0222. The fraction of sp³-hybridized carbons (Fsp3) is 0.688. The van der Waals surface area contributed by atoms with Gasteiger partial charge in [-0.15, -0.1) is 12.4 Å². The van der Waals surface area contributed by atoms with E-state index in [-0.39, 0.29) is 24.5 Å². The summed E-state index contributed by atoms with van der Waals surface area (Å²) in [5.41, 5.74) is 1.50. The van der Waals surface area contributed by atoms with E-state index in [2.05, 4.69) is 15.3 Å². The number of anilines is 1. The molecule has 3 rings (SSSR count). The molecule has 1 saturated heterocycles. The van der Waals surface area contributed by atoms with Gasteiger partial charge in [0.25, 0.3) is 0 Å². The van der Waals surface area contributed by atoms with Crippen LogP contribution < -0.4 is 5.32 Å². The maximum Gasteiger partial charge on any atom is 0.410 e. The van der Waals surface area contributed by atoms with E-state index < -0.39 is 5.60 Å². The molecule has 7 nitrogen and oxygen atoms in total. The fourth-order valence-corrected chi connectivity index (χ4v) is 2.70. The summed E-state index contributed by atoms with van der Waals surface area (Å²) in [5, 5.41) is 3.30. The lowest BCUT2D eigenvalue weighted by atomic mass is 10.1. The number of aromatic nitrogens is 2. The van der Waals surface area contributed by atoms with Crippen LogP contribution in [0.15, 0.2) is 6.20 Å². The van der Waals surface area contributed by atoms with E-state index in [4.69, 9.17) is 9.47 Å². The number of carbonyl (C=O) groups is 1. The average molecular weight is 357 g/mol. The first-order valence-electron chi connectivity index (χ1n) is 8.08. The van der Waals surface area contributed by atoms with Crippen LogP contribution in [-0.2, 0) is 22.4 Å². The third-order valence-electron chi connectivity index (χ3n) is 3.85. The third kappa shape index (κ3) is 4.70. The van der Waals surface area contributed by atoms with Crippen LogP contribution in [0, 0.1) is 0 Å². The monoisotopic (exact) mass is 356 g/mol. The molecule has 1 unspecified atom stereocenters. The van der Waals surface area contributed by atoms with Crippen molar-refractivity contribution >= 4 is 24.4 Å². The molecule has 1 N–H and O–H groups in total. The van der Waals surface area contributed by atoms with Crippen molar-refractivity contribution in [1.82, 2.24) is 14.9 Å². The van der Waals surface area contributed by atoms with Gasteiger partial charge in [-0.2, -0.15) is 0 Å². The van der Waals surface area contributed by atoms with Gasteiger partial charge in [-0.25, -0.2) is 14.8 Å². The van der Waals surface area contributed by atoms with Crippen molar-refractivity contribution in [1.29, 1.82) is 0 Å². The lowest BCUT2D eigenvalue weighted by Gasteiger charge is -2.30. The first-order valence-corrected chi connectivity index (χ1v) is 8.08. The second-order valence-corrected chi connectivity index (χ2v) is 7.02. The van der Waals surface area contributed by atoms with Crippen molar-refractivity contribution in [2.45, 2.75) is 51.8 Å². The first-order chi connectivity index (χ1) is 10.9. The number of amides is 1. The van der Waals surface area contributed by atoms with Gasteiger partial charge >= 0.3 is 6.09 Å². The molecule has 0 aliphatic carbocycles. The zero-order valence-electron chi connectivity index (χ0n) is 14.4. The summed E-state index contributed by atoms with van der Waals surface area (Å²) in [5.74, 6) is 0.643. The molecule has 0 saturated carbocycles. The van der Waals surface area contributed by atoms with E-state index in [1.54, 1.807) is 11.1 Å². The molecule has 1 aromatic heterocycles. The van der Waals surface area contributed by atoms with Crippen molar-refractivity contribution in [2.24, 2.45) is 0 Å². The van der Waals surface area contributed by atoms with Crippen molar-refractivity contribution in [3.63, 3.8) is 0 Å². The zero-order valence-corrected chi connectivity index (χ0v) is 15.2. The number of rotatable bonds is 2. The molecule has 1 aromatic rings. The van der Waals surface area contributed by atoms with Gasteiger partial charge in [0.15, 0.2) is 0 Å². The van der Waals surface area contributed by atoms with Crippen LogP contribution in [-0.4, -0.2) is 52.4 Å². The molecule has 8 heteroatoms. The summed E-state index contributed by atoms with van der Waals surface area (Å²) in [4.78, 5) is 22.8. The second-order valence-electron chi connectivity index (χ2n) is 7.02. The molecule has 134 valence electrons. The number of fused-ring (bicyclic) bond motifs is 1. The Hall–Kier alpha value is -1.60. The number of hydrogen-bond donors (Lipinski definition) is 1. The summed E-state index contributed by atoms with van der Waals surface area (Å²) in [7, 11) is 0. The van der Waals surface area contributed by atoms with Crippen molar-refractivity contribution in [2.75, 3.05) is 25.1 Å². The van der Waals surface area contributed by atoms with Crippen LogP contribution in [0.5, 0.6) is 0 Å². The van der Waals surface area contributed by atoms with E-state index in [0.29, 0.717) is 32.1 Å². The maximum atomic E-state index is 12.2. The third-order valence-corrected chi connectivity index (χ3v) is 3.85. The Kier molecular flexibility index (Phi) is 5.87. The van der Waals surface area contributed by atoms with Crippen LogP contribution >= 0.6 is 12.4 Å². The Labute approximate surface area is 148 Å². The number of nitrogens with one attached hydrogen (secondary N) is 1. The normalized spacial score (nSPS) is 20.1. The first kappa shape index (κ1) is 18.7. The minimum Gasteiger partial charge on any atom is -0.444 e. The van der Waals surface area contributed by atoms with E-state index in [1.807, 2.05) is 20.8 Å². The summed E-state index contributed by atoms with van der Waals surface area (Å²) in [6, 6.07) is 0.287.